The molecule has 0 fully saturated rings. The summed E-state index contributed by atoms with van der Waals surface area (Å²) in [5.41, 5.74) is 0. The van der Waals surface area contributed by atoms with E-state index in [-0.39, 0.29) is 12.5 Å². The Morgan fingerprint density at radius 3 is 1.48 bits per heavy atom. The Hall–Kier alpha value is -1.54. The number of amides is 1. The molecule has 9 heteroatoms. The molecule has 3 unspecified atom stereocenters. The summed E-state index contributed by atoms with van der Waals surface area (Å²) < 4.78 is 23.1. The highest BCUT2D eigenvalue weighted by atomic mass is 31.2. The number of phosphoric ester groups is 1. The van der Waals surface area contributed by atoms with Crippen LogP contribution >= 0.6 is 7.82 Å². The van der Waals surface area contributed by atoms with Crippen LogP contribution in [0.1, 0.15) is 206 Å². The van der Waals surface area contributed by atoms with Crippen LogP contribution in [0.3, 0.4) is 0 Å². The number of aliphatic hydroxyl groups excluding tert-OH is 1. The molecule has 2 N–H and O–H groups in total. The van der Waals surface area contributed by atoms with E-state index >= 15 is 0 Å². The van der Waals surface area contributed by atoms with Gasteiger partial charge in [0.25, 0.3) is 7.82 Å². The fourth-order valence-corrected chi connectivity index (χ4v) is 7.44. The van der Waals surface area contributed by atoms with Gasteiger partial charge in [-0.05, 0) is 64.2 Å². The van der Waals surface area contributed by atoms with E-state index in [0.717, 1.165) is 51.4 Å². The molecule has 0 radical (unpaired) electrons. The average Bonchev–Trinajstić information content (AvgIpc) is 3.17. The zero-order valence-corrected chi connectivity index (χ0v) is 39.4. The maximum absolute atomic E-state index is 12.8. The molecule has 0 aliphatic carbocycles. The molecular formula is C49H93N2O6P. The Kier molecular flexibility index (Phi) is 39.8. The van der Waals surface area contributed by atoms with E-state index < -0.39 is 26.6 Å². The van der Waals surface area contributed by atoms with E-state index in [1.54, 1.807) is 6.08 Å². The van der Waals surface area contributed by atoms with Gasteiger partial charge in [-0.25, -0.2) is 0 Å². The summed E-state index contributed by atoms with van der Waals surface area (Å²) in [5, 5.41) is 13.7. The van der Waals surface area contributed by atoms with Crippen LogP contribution in [0.4, 0.5) is 0 Å². The Bertz CT molecular complexity index is 1090. The molecule has 0 aliphatic heterocycles. The lowest BCUT2D eigenvalue weighted by Gasteiger charge is -2.29. The van der Waals surface area contributed by atoms with Crippen LogP contribution in [0.2, 0.25) is 0 Å². The minimum Gasteiger partial charge on any atom is -0.756 e. The second kappa shape index (κ2) is 40.8. The van der Waals surface area contributed by atoms with Gasteiger partial charge < -0.3 is 28.8 Å². The van der Waals surface area contributed by atoms with Crippen molar-refractivity contribution >= 4 is 13.7 Å². The molecule has 58 heavy (non-hydrogen) atoms. The first-order chi connectivity index (χ1) is 28.0. The van der Waals surface area contributed by atoms with Gasteiger partial charge in [0.05, 0.1) is 39.9 Å². The number of carbonyl (C=O) groups excluding carboxylic acids is 1. The number of phosphoric acid groups is 1. The van der Waals surface area contributed by atoms with E-state index in [4.69, 9.17) is 9.05 Å². The quantitative estimate of drug-likeness (QED) is 0.0274. The molecule has 0 heterocycles. The molecule has 0 spiro atoms. The van der Waals surface area contributed by atoms with Gasteiger partial charge in [0.15, 0.2) is 0 Å². The normalized spacial score (nSPS) is 14.7. The third kappa shape index (κ3) is 42.6. The van der Waals surface area contributed by atoms with Crippen LogP contribution in [-0.4, -0.2) is 68.5 Å². The number of aliphatic hydroxyl groups is 1. The van der Waals surface area contributed by atoms with Gasteiger partial charge in [-0.3, -0.25) is 9.36 Å². The summed E-state index contributed by atoms with van der Waals surface area (Å²) >= 11 is 0. The number of quaternary nitrogens is 1. The molecule has 1 amide bonds. The first kappa shape index (κ1) is 56.5. The van der Waals surface area contributed by atoms with Crippen molar-refractivity contribution in [2.24, 2.45) is 0 Å². The predicted molar refractivity (Wildman–Crippen MR) is 247 cm³/mol. The van der Waals surface area contributed by atoms with E-state index in [1.807, 2.05) is 27.2 Å². The lowest BCUT2D eigenvalue weighted by molar-refractivity contribution is -0.870. The van der Waals surface area contributed by atoms with Gasteiger partial charge >= 0.3 is 0 Å². The summed E-state index contributed by atoms with van der Waals surface area (Å²) in [4.78, 5) is 25.3. The van der Waals surface area contributed by atoms with Crippen molar-refractivity contribution in [1.82, 2.24) is 5.32 Å². The summed E-state index contributed by atoms with van der Waals surface area (Å²) in [6.45, 7) is 4.49. The number of allylic oxidation sites excluding steroid dienone is 7. The second-order valence-corrected chi connectivity index (χ2v) is 18.8. The minimum atomic E-state index is -4.60. The van der Waals surface area contributed by atoms with Gasteiger partial charge in [-0.2, -0.15) is 0 Å². The van der Waals surface area contributed by atoms with Crippen molar-refractivity contribution in [3.63, 3.8) is 0 Å². The smallest absolute Gasteiger partial charge is 0.268 e. The van der Waals surface area contributed by atoms with Gasteiger partial charge in [0.1, 0.15) is 13.2 Å². The average molecular weight is 837 g/mol. The fourth-order valence-electron chi connectivity index (χ4n) is 6.72. The van der Waals surface area contributed by atoms with E-state index in [9.17, 15) is 19.4 Å². The van der Waals surface area contributed by atoms with E-state index in [1.165, 1.54) is 135 Å². The van der Waals surface area contributed by atoms with Gasteiger partial charge in [0.2, 0.25) is 5.91 Å². The maximum Gasteiger partial charge on any atom is 0.268 e. The number of carbonyl (C=O) groups is 1. The molecule has 0 aliphatic rings. The third-order valence-corrected chi connectivity index (χ3v) is 11.5. The molecule has 0 saturated carbocycles. The van der Waals surface area contributed by atoms with E-state index in [2.05, 4.69) is 55.6 Å². The lowest BCUT2D eigenvalue weighted by atomic mass is 10.0. The largest absolute Gasteiger partial charge is 0.756 e. The van der Waals surface area contributed by atoms with Crippen molar-refractivity contribution in [1.29, 1.82) is 0 Å². The summed E-state index contributed by atoms with van der Waals surface area (Å²) in [6, 6.07) is -0.908. The van der Waals surface area contributed by atoms with Crippen molar-refractivity contribution in [2.75, 3.05) is 40.9 Å². The first-order valence-electron chi connectivity index (χ1n) is 24.0. The third-order valence-electron chi connectivity index (χ3n) is 10.5. The molecule has 0 aromatic heterocycles. The summed E-state index contributed by atoms with van der Waals surface area (Å²) in [7, 11) is 1.23. The van der Waals surface area contributed by atoms with Crippen LogP contribution in [0, 0.1) is 0 Å². The number of rotatable bonds is 43. The molecule has 3 atom stereocenters. The first-order valence-corrected chi connectivity index (χ1v) is 25.5. The number of nitrogens with zero attached hydrogens (tertiary/aromatic N) is 1. The molecular weight excluding hydrogens is 744 g/mol. The highest BCUT2D eigenvalue weighted by Gasteiger charge is 2.23. The molecule has 0 aromatic carbocycles. The molecule has 340 valence electrons. The van der Waals surface area contributed by atoms with Gasteiger partial charge in [0, 0.05) is 6.42 Å². The van der Waals surface area contributed by atoms with Crippen LogP contribution in [-0.2, 0) is 18.4 Å². The summed E-state index contributed by atoms with van der Waals surface area (Å²) in [6.07, 6.45) is 51.9. The summed E-state index contributed by atoms with van der Waals surface area (Å²) in [5.74, 6) is -0.216. The lowest BCUT2D eigenvalue weighted by Crippen LogP contribution is -2.45. The van der Waals surface area contributed by atoms with E-state index in [0.29, 0.717) is 17.4 Å². The predicted octanol–water partition coefficient (Wildman–Crippen LogP) is 13.0. The van der Waals surface area contributed by atoms with Crippen LogP contribution in [0.25, 0.3) is 0 Å². The number of unbranched alkanes of at least 4 members (excludes halogenated alkanes) is 24. The highest BCUT2D eigenvalue weighted by Crippen LogP contribution is 2.38. The molecule has 0 bridgehead atoms. The highest BCUT2D eigenvalue weighted by molar-refractivity contribution is 7.45. The standard InChI is InChI=1S/C49H93N2O6P/c1-6-8-10-12-14-16-18-19-20-21-22-23-24-25-26-27-28-29-30-31-32-33-35-37-39-41-43-49(53)50-47(46-57-58(54,55)56-45-44-51(3,4)5)48(52)42-40-38-36-34-17-15-13-11-9-7-2/h9,11,17,25-26,34,40,42,47-48,52H,6-8,10,12-16,18-24,27-33,35-39,41,43-46H2,1-5H3,(H-,50,53,54,55)/b11-9+,26-25-,34-17+,42-40+. The van der Waals surface area contributed by atoms with Crippen molar-refractivity contribution in [3.8, 4) is 0 Å². The molecule has 0 saturated heterocycles. The van der Waals surface area contributed by atoms with Crippen LogP contribution < -0.4 is 10.2 Å². The Morgan fingerprint density at radius 1 is 0.603 bits per heavy atom. The van der Waals surface area contributed by atoms with Crippen LogP contribution in [0.5, 0.6) is 0 Å². The molecule has 0 aromatic rings. The Morgan fingerprint density at radius 2 is 1.02 bits per heavy atom. The zero-order chi connectivity index (χ0) is 42.8. The number of nitrogens with one attached hydrogen (secondary N) is 1. The monoisotopic (exact) mass is 837 g/mol. The zero-order valence-electron chi connectivity index (χ0n) is 38.5. The number of hydrogen-bond acceptors (Lipinski definition) is 6. The van der Waals surface area contributed by atoms with Crippen molar-refractivity contribution < 1.29 is 32.9 Å². The number of hydrogen-bond donors (Lipinski definition) is 2. The minimum absolute atomic E-state index is 0.0103. The molecule has 0 rings (SSSR count). The topological polar surface area (TPSA) is 108 Å². The maximum atomic E-state index is 12.8. The fraction of sp³-hybridized carbons (Fsp3) is 0.816. The van der Waals surface area contributed by atoms with Gasteiger partial charge in [-0.15, -0.1) is 0 Å². The van der Waals surface area contributed by atoms with Crippen LogP contribution in [0.15, 0.2) is 48.6 Å². The second-order valence-electron chi connectivity index (χ2n) is 17.4. The SMILES string of the molecule is CC/C=C/CC/C=C/CC/C=C/C(O)C(COP(=O)([O-])OCC[N+](C)(C)C)NC(=O)CCCCCCCCCCCC/C=C\CCCCCCCCCCCCCC. The Labute approximate surface area is 359 Å². The number of likely N-dealkylation sites (N-methyl/N-ethyl adjacent to an activating group) is 1. The Balaban J connectivity index is 4.16. The van der Waals surface area contributed by atoms with Crippen molar-refractivity contribution in [3.05, 3.63) is 48.6 Å². The molecule has 8 nitrogen and oxygen atoms in total. The van der Waals surface area contributed by atoms with Crippen molar-refractivity contribution in [2.45, 2.75) is 219 Å². The van der Waals surface area contributed by atoms with Gasteiger partial charge in [-0.1, -0.05) is 184 Å².